The van der Waals surface area contributed by atoms with Crippen LogP contribution in [-0.4, -0.2) is 19.0 Å². The number of carbonyl (C=O) groups is 1. The molecule has 0 aliphatic carbocycles. The summed E-state index contributed by atoms with van der Waals surface area (Å²) in [5, 5.41) is 3.01. The Kier molecular flexibility index (Phi) is 13.6. The van der Waals surface area contributed by atoms with Gasteiger partial charge in [-0.25, -0.2) is 0 Å². The molecular formula is C30H43F3N2O+. The minimum atomic E-state index is -4.32. The van der Waals surface area contributed by atoms with Crippen molar-refractivity contribution >= 4 is 5.91 Å². The van der Waals surface area contributed by atoms with E-state index in [4.69, 9.17) is 0 Å². The maximum atomic E-state index is 12.8. The summed E-state index contributed by atoms with van der Waals surface area (Å²) < 4.78 is 38.3. The van der Waals surface area contributed by atoms with Crippen molar-refractivity contribution in [2.75, 3.05) is 13.1 Å². The summed E-state index contributed by atoms with van der Waals surface area (Å²) in [4.78, 5) is 14.6. The molecule has 2 aromatic carbocycles. The molecule has 0 unspecified atom stereocenters. The molecule has 0 bridgehead atoms. The van der Waals surface area contributed by atoms with Gasteiger partial charge in [-0.05, 0) is 37.6 Å². The van der Waals surface area contributed by atoms with Gasteiger partial charge in [0, 0.05) is 23.2 Å². The highest BCUT2D eigenvalue weighted by Gasteiger charge is 2.30. The molecule has 0 atom stereocenters. The molecule has 0 fully saturated rings. The van der Waals surface area contributed by atoms with E-state index in [2.05, 4.69) is 17.1 Å². The van der Waals surface area contributed by atoms with E-state index in [1.807, 2.05) is 31.2 Å². The van der Waals surface area contributed by atoms with Crippen LogP contribution in [0.2, 0.25) is 0 Å². The van der Waals surface area contributed by atoms with E-state index in [9.17, 15) is 18.0 Å². The second kappa shape index (κ2) is 16.4. The van der Waals surface area contributed by atoms with Crippen molar-refractivity contribution < 1.29 is 18.0 Å². The van der Waals surface area contributed by atoms with Crippen LogP contribution in [0.15, 0.2) is 48.5 Å². The molecule has 6 heteroatoms. The van der Waals surface area contributed by atoms with Gasteiger partial charge in [0.1, 0.15) is 19.6 Å². The number of alkyl halides is 3. The SMILES string of the molecule is CCCCCCCCCCCCNC(=O)c1ccc(C[N+](CC)Cc2ccc(C(F)(F)F)cc2)cc1. The van der Waals surface area contributed by atoms with Gasteiger partial charge >= 0.3 is 6.18 Å². The molecule has 2 aromatic rings. The summed E-state index contributed by atoms with van der Waals surface area (Å²) in [6.45, 7) is 6.97. The van der Waals surface area contributed by atoms with Crippen molar-refractivity contribution in [2.24, 2.45) is 0 Å². The van der Waals surface area contributed by atoms with Gasteiger partial charge in [0.05, 0.1) is 5.56 Å². The van der Waals surface area contributed by atoms with E-state index in [0.717, 1.165) is 42.6 Å². The lowest BCUT2D eigenvalue weighted by Gasteiger charge is -2.12. The molecule has 3 nitrogen and oxygen atoms in total. The Bertz CT molecular complexity index is 863. The maximum absolute atomic E-state index is 12.8. The molecule has 1 amide bonds. The second-order valence-electron chi connectivity index (χ2n) is 9.63. The van der Waals surface area contributed by atoms with Crippen LogP contribution in [-0.2, 0) is 19.3 Å². The van der Waals surface area contributed by atoms with E-state index in [1.54, 1.807) is 0 Å². The van der Waals surface area contributed by atoms with Gasteiger partial charge in [-0.15, -0.1) is 0 Å². The van der Waals surface area contributed by atoms with Gasteiger partial charge in [0.2, 0.25) is 0 Å². The molecule has 1 radical (unpaired) electrons. The molecule has 0 aromatic heterocycles. The molecule has 0 aliphatic heterocycles. The van der Waals surface area contributed by atoms with Gasteiger partial charge < -0.3 is 5.32 Å². The monoisotopic (exact) mass is 504 g/mol. The minimum absolute atomic E-state index is 0.0467. The lowest BCUT2D eigenvalue weighted by molar-refractivity contribution is -0.137. The molecule has 0 aliphatic rings. The normalized spacial score (nSPS) is 11.7. The largest absolute Gasteiger partial charge is 0.416 e. The topological polar surface area (TPSA) is 35.0 Å². The van der Waals surface area contributed by atoms with Crippen LogP contribution >= 0.6 is 0 Å². The van der Waals surface area contributed by atoms with Gasteiger partial charge in [0.25, 0.3) is 5.91 Å². The highest BCUT2D eigenvalue weighted by molar-refractivity contribution is 5.94. The fourth-order valence-corrected chi connectivity index (χ4v) is 4.27. The lowest BCUT2D eigenvalue weighted by Crippen LogP contribution is -2.28. The number of carbonyl (C=O) groups excluding carboxylic acids is 1. The van der Waals surface area contributed by atoms with Crippen LogP contribution in [0.4, 0.5) is 13.2 Å². The first kappa shape index (κ1) is 29.9. The Morgan fingerprint density at radius 2 is 1.19 bits per heavy atom. The number of nitrogens with one attached hydrogen (secondary N) is 1. The van der Waals surface area contributed by atoms with E-state index in [0.29, 0.717) is 25.2 Å². The Labute approximate surface area is 215 Å². The van der Waals surface area contributed by atoms with Gasteiger partial charge in [-0.3, -0.25) is 4.79 Å². The smallest absolute Gasteiger partial charge is 0.352 e. The highest BCUT2D eigenvalue weighted by atomic mass is 19.4. The lowest BCUT2D eigenvalue weighted by atomic mass is 10.1. The highest BCUT2D eigenvalue weighted by Crippen LogP contribution is 2.29. The third-order valence-electron chi connectivity index (χ3n) is 6.57. The third kappa shape index (κ3) is 11.6. The standard InChI is InChI=1S/C30H43F3N2O/c1-3-5-6-7-8-9-10-11-12-13-22-34-29(36)27-18-14-25(15-19-27)23-35(4-2)24-26-16-20-28(21-17-26)30(31,32)33/h14-21H,3-13,22-24H2,1-2H3,(H,34,36)/q+1. The van der Waals surface area contributed by atoms with Crippen LogP contribution in [0.5, 0.6) is 0 Å². The van der Waals surface area contributed by atoms with Gasteiger partial charge in [-0.2, -0.15) is 18.1 Å². The second-order valence-corrected chi connectivity index (χ2v) is 9.63. The zero-order valence-electron chi connectivity index (χ0n) is 22.0. The number of rotatable bonds is 17. The maximum Gasteiger partial charge on any atom is 0.416 e. The quantitative estimate of drug-likeness (QED) is 0.171. The van der Waals surface area contributed by atoms with Crippen molar-refractivity contribution in [3.63, 3.8) is 0 Å². The molecule has 0 spiro atoms. The van der Waals surface area contributed by atoms with Crippen molar-refractivity contribution in [2.45, 2.75) is 97.3 Å². The molecule has 0 saturated carbocycles. The molecule has 2 rings (SSSR count). The Morgan fingerprint density at radius 3 is 1.67 bits per heavy atom. The predicted octanol–water partition coefficient (Wildman–Crippen LogP) is 8.22. The summed E-state index contributed by atoms with van der Waals surface area (Å²) >= 11 is 0. The number of amides is 1. The predicted molar refractivity (Wildman–Crippen MR) is 142 cm³/mol. The van der Waals surface area contributed by atoms with E-state index in [-0.39, 0.29) is 5.91 Å². The molecule has 0 heterocycles. The number of unbranched alkanes of at least 4 members (excludes halogenated alkanes) is 9. The number of benzene rings is 2. The summed E-state index contributed by atoms with van der Waals surface area (Å²) in [6.07, 6.45) is 8.40. The summed E-state index contributed by atoms with van der Waals surface area (Å²) in [7, 11) is 0. The summed E-state index contributed by atoms with van der Waals surface area (Å²) in [5.74, 6) is -0.0467. The molecule has 0 saturated heterocycles. The van der Waals surface area contributed by atoms with Crippen LogP contribution in [0.25, 0.3) is 0 Å². The number of nitrogens with zero attached hydrogens (tertiary/aromatic N) is 1. The first-order valence-electron chi connectivity index (χ1n) is 13.6. The van der Waals surface area contributed by atoms with E-state index >= 15 is 0 Å². The van der Waals surface area contributed by atoms with Gasteiger partial charge in [0.15, 0.2) is 0 Å². The fraction of sp³-hybridized carbons (Fsp3) is 0.567. The number of halogens is 3. The third-order valence-corrected chi connectivity index (χ3v) is 6.57. The fourth-order valence-electron chi connectivity index (χ4n) is 4.27. The minimum Gasteiger partial charge on any atom is -0.352 e. The molecular weight excluding hydrogens is 461 g/mol. The summed E-state index contributed by atoms with van der Waals surface area (Å²) in [5.41, 5.74) is 1.93. The van der Waals surface area contributed by atoms with Crippen molar-refractivity contribution in [3.05, 3.63) is 70.8 Å². The van der Waals surface area contributed by atoms with Gasteiger partial charge in [-0.1, -0.05) is 89.0 Å². The number of hydrogen-bond acceptors (Lipinski definition) is 2. The Hall–Kier alpha value is -2.34. The molecule has 1 N–H and O–H groups in total. The van der Waals surface area contributed by atoms with Crippen molar-refractivity contribution in [1.29, 1.82) is 0 Å². The zero-order chi connectivity index (χ0) is 26.2. The first-order chi connectivity index (χ1) is 17.3. The van der Waals surface area contributed by atoms with E-state index < -0.39 is 11.7 Å². The summed E-state index contributed by atoms with van der Waals surface area (Å²) in [6, 6.07) is 12.9. The van der Waals surface area contributed by atoms with Crippen LogP contribution in [0.1, 0.15) is 105 Å². The Morgan fingerprint density at radius 1 is 0.722 bits per heavy atom. The molecule has 199 valence electrons. The van der Waals surface area contributed by atoms with Crippen LogP contribution in [0, 0.1) is 0 Å². The van der Waals surface area contributed by atoms with E-state index in [1.165, 1.54) is 63.5 Å². The average molecular weight is 505 g/mol. The first-order valence-corrected chi connectivity index (χ1v) is 13.6. The molecule has 36 heavy (non-hydrogen) atoms. The zero-order valence-corrected chi connectivity index (χ0v) is 22.0. The number of hydrogen-bond donors (Lipinski definition) is 1. The van der Waals surface area contributed by atoms with Crippen LogP contribution < -0.4 is 10.2 Å². The Balaban J connectivity index is 1.67. The van der Waals surface area contributed by atoms with Crippen molar-refractivity contribution in [1.82, 2.24) is 10.2 Å². The van der Waals surface area contributed by atoms with Crippen LogP contribution in [0.3, 0.4) is 0 Å². The average Bonchev–Trinajstić information content (AvgIpc) is 2.87. The van der Waals surface area contributed by atoms with Crippen molar-refractivity contribution in [3.8, 4) is 0 Å².